The number of amides is 1. The quantitative estimate of drug-likeness (QED) is 0.912. The monoisotopic (exact) mass is 312 g/mol. The van der Waals surface area contributed by atoms with E-state index in [2.05, 4.69) is 17.1 Å². The van der Waals surface area contributed by atoms with E-state index < -0.39 is 5.56 Å². The van der Waals surface area contributed by atoms with E-state index in [1.807, 2.05) is 18.2 Å². The van der Waals surface area contributed by atoms with Crippen LogP contribution in [-0.4, -0.2) is 34.0 Å². The summed E-state index contributed by atoms with van der Waals surface area (Å²) in [5.74, 6) is 0.110. The zero-order valence-electron chi connectivity index (χ0n) is 12.9. The number of rotatable bonds is 3. The third kappa shape index (κ3) is 3.80. The topological polar surface area (TPSA) is 73.4 Å². The van der Waals surface area contributed by atoms with Gasteiger partial charge in [-0.1, -0.05) is 30.3 Å². The summed E-state index contributed by atoms with van der Waals surface area (Å²) < 4.78 is 0. The number of piperidine rings is 1. The number of aromatic nitrogens is 1. The first-order valence-electron chi connectivity index (χ1n) is 7.88. The molecule has 0 bridgehead atoms. The first-order chi connectivity index (χ1) is 11.1. The smallest absolute Gasteiger partial charge is 0.254 e. The van der Waals surface area contributed by atoms with Crippen LogP contribution in [0, 0.1) is 5.92 Å². The van der Waals surface area contributed by atoms with Gasteiger partial charge in [0, 0.05) is 25.2 Å². The van der Waals surface area contributed by atoms with Crippen LogP contribution in [0.1, 0.15) is 28.8 Å². The molecule has 1 amide bonds. The summed E-state index contributed by atoms with van der Waals surface area (Å²) in [6.45, 7) is 1.37. The van der Waals surface area contributed by atoms with Crippen molar-refractivity contribution in [3.63, 3.8) is 0 Å². The summed E-state index contributed by atoms with van der Waals surface area (Å²) in [5, 5.41) is 9.42. The second kappa shape index (κ2) is 6.69. The normalized spacial score (nSPS) is 15.6. The number of likely N-dealkylation sites (tertiary alicyclic amines) is 1. The highest BCUT2D eigenvalue weighted by Crippen LogP contribution is 2.23. The summed E-state index contributed by atoms with van der Waals surface area (Å²) in [6, 6.07) is 12.9. The summed E-state index contributed by atoms with van der Waals surface area (Å²) in [7, 11) is 0. The molecule has 0 spiro atoms. The van der Waals surface area contributed by atoms with E-state index in [4.69, 9.17) is 0 Å². The molecule has 2 aromatic rings. The fourth-order valence-corrected chi connectivity index (χ4v) is 3.12. The number of H-pyrrole nitrogens is 1. The minimum Gasteiger partial charge on any atom is -0.494 e. The average molecular weight is 312 g/mol. The van der Waals surface area contributed by atoms with Gasteiger partial charge in [0.05, 0.1) is 5.56 Å². The van der Waals surface area contributed by atoms with E-state index in [0.717, 1.165) is 19.3 Å². The minimum atomic E-state index is -0.465. The molecular formula is C18H20N2O3. The molecule has 3 rings (SSSR count). The minimum absolute atomic E-state index is 0.190. The molecule has 1 aromatic heterocycles. The van der Waals surface area contributed by atoms with Gasteiger partial charge in [0.15, 0.2) is 5.88 Å². The number of carbonyl (C=O) groups is 1. The molecule has 5 heteroatoms. The maximum atomic E-state index is 12.4. The van der Waals surface area contributed by atoms with Crippen molar-refractivity contribution in [2.45, 2.75) is 19.3 Å². The molecule has 0 atom stereocenters. The lowest BCUT2D eigenvalue weighted by Gasteiger charge is -2.32. The van der Waals surface area contributed by atoms with E-state index in [-0.39, 0.29) is 17.4 Å². The Morgan fingerprint density at radius 1 is 1.17 bits per heavy atom. The molecule has 1 fully saturated rings. The van der Waals surface area contributed by atoms with Crippen LogP contribution in [0.3, 0.4) is 0 Å². The molecule has 1 saturated heterocycles. The van der Waals surface area contributed by atoms with Gasteiger partial charge in [-0.15, -0.1) is 0 Å². The van der Waals surface area contributed by atoms with Crippen LogP contribution < -0.4 is 5.56 Å². The maximum Gasteiger partial charge on any atom is 0.254 e. The van der Waals surface area contributed by atoms with Crippen LogP contribution in [0.4, 0.5) is 0 Å². The average Bonchev–Trinajstić information content (AvgIpc) is 2.55. The summed E-state index contributed by atoms with van der Waals surface area (Å²) >= 11 is 0. The molecule has 120 valence electrons. The first-order valence-corrected chi connectivity index (χ1v) is 7.88. The Labute approximate surface area is 134 Å². The van der Waals surface area contributed by atoms with Gasteiger partial charge < -0.3 is 10.0 Å². The molecule has 2 heterocycles. The Kier molecular flexibility index (Phi) is 4.46. The zero-order chi connectivity index (χ0) is 16.2. The van der Waals surface area contributed by atoms with Gasteiger partial charge in [-0.3, -0.25) is 14.6 Å². The highest BCUT2D eigenvalue weighted by atomic mass is 16.3. The van der Waals surface area contributed by atoms with Gasteiger partial charge in [0.2, 0.25) is 0 Å². The number of carbonyl (C=O) groups excluding carboxylic acids is 1. The number of benzene rings is 1. The lowest BCUT2D eigenvalue weighted by atomic mass is 9.90. The van der Waals surface area contributed by atoms with Gasteiger partial charge >= 0.3 is 0 Å². The number of hydrogen-bond donors (Lipinski definition) is 2. The van der Waals surface area contributed by atoms with Crippen molar-refractivity contribution in [1.29, 1.82) is 0 Å². The number of aromatic hydroxyl groups is 1. The predicted molar refractivity (Wildman–Crippen MR) is 87.5 cm³/mol. The van der Waals surface area contributed by atoms with E-state index in [1.54, 1.807) is 4.90 Å². The number of nitrogens with zero attached hydrogens (tertiary/aromatic N) is 1. The summed E-state index contributed by atoms with van der Waals surface area (Å²) in [6.07, 6.45) is 2.94. The maximum absolute atomic E-state index is 12.4. The zero-order valence-corrected chi connectivity index (χ0v) is 12.9. The van der Waals surface area contributed by atoms with Crippen molar-refractivity contribution in [3.8, 4) is 5.88 Å². The highest BCUT2D eigenvalue weighted by molar-refractivity contribution is 5.94. The fraction of sp³-hybridized carbons (Fsp3) is 0.333. The van der Waals surface area contributed by atoms with Gasteiger partial charge in [-0.25, -0.2) is 0 Å². The molecule has 1 aliphatic heterocycles. The molecule has 1 aliphatic rings. The van der Waals surface area contributed by atoms with Gasteiger partial charge in [0.25, 0.3) is 11.5 Å². The largest absolute Gasteiger partial charge is 0.494 e. The van der Waals surface area contributed by atoms with Crippen molar-refractivity contribution < 1.29 is 9.90 Å². The van der Waals surface area contributed by atoms with E-state index in [9.17, 15) is 14.7 Å². The standard InChI is InChI=1S/C18H20N2O3/c21-16-11-15(12-17(22)19-16)18(23)20-8-6-14(7-9-20)10-13-4-2-1-3-5-13/h1-5,11-12,14H,6-10H2,(H2,19,21,22). The number of pyridine rings is 1. The lowest BCUT2D eigenvalue weighted by molar-refractivity contribution is 0.0690. The molecule has 0 saturated carbocycles. The fourth-order valence-electron chi connectivity index (χ4n) is 3.12. The second-order valence-electron chi connectivity index (χ2n) is 6.04. The van der Waals surface area contributed by atoms with Crippen molar-refractivity contribution in [2.75, 3.05) is 13.1 Å². The van der Waals surface area contributed by atoms with Crippen LogP contribution in [0.2, 0.25) is 0 Å². The SMILES string of the molecule is O=C(c1cc(O)[nH]c(=O)c1)N1CCC(Cc2ccccc2)CC1. The van der Waals surface area contributed by atoms with Crippen LogP contribution >= 0.6 is 0 Å². The molecule has 23 heavy (non-hydrogen) atoms. The molecule has 5 nitrogen and oxygen atoms in total. The van der Waals surface area contributed by atoms with Crippen molar-refractivity contribution in [3.05, 3.63) is 63.9 Å². The third-order valence-electron chi connectivity index (χ3n) is 4.35. The van der Waals surface area contributed by atoms with Gasteiger partial charge in [-0.2, -0.15) is 0 Å². The van der Waals surface area contributed by atoms with E-state index in [0.29, 0.717) is 19.0 Å². The van der Waals surface area contributed by atoms with Crippen molar-refractivity contribution in [1.82, 2.24) is 9.88 Å². The van der Waals surface area contributed by atoms with Crippen LogP contribution in [-0.2, 0) is 6.42 Å². The van der Waals surface area contributed by atoms with E-state index in [1.165, 1.54) is 17.7 Å². The Morgan fingerprint density at radius 2 is 1.87 bits per heavy atom. The Hall–Kier alpha value is -2.56. The number of aromatic amines is 1. The Balaban J connectivity index is 1.60. The lowest BCUT2D eigenvalue weighted by Crippen LogP contribution is -2.39. The number of hydrogen-bond acceptors (Lipinski definition) is 3. The highest BCUT2D eigenvalue weighted by Gasteiger charge is 2.24. The van der Waals surface area contributed by atoms with Crippen LogP contribution in [0.15, 0.2) is 47.3 Å². The molecule has 0 radical (unpaired) electrons. The summed E-state index contributed by atoms with van der Waals surface area (Å²) in [5.41, 5.74) is 1.11. The van der Waals surface area contributed by atoms with Crippen molar-refractivity contribution >= 4 is 5.91 Å². The van der Waals surface area contributed by atoms with Gasteiger partial charge in [0.1, 0.15) is 0 Å². The third-order valence-corrected chi connectivity index (χ3v) is 4.35. The van der Waals surface area contributed by atoms with Gasteiger partial charge in [-0.05, 0) is 30.7 Å². The second-order valence-corrected chi connectivity index (χ2v) is 6.04. The molecular weight excluding hydrogens is 292 g/mol. The molecule has 0 aliphatic carbocycles. The Morgan fingerprint density at radius 3 is 2.52 bits per heavy atom. The van der Waals surface area contributed by atoms with Crippen LogP contribution in [0.5, 0.6) is 5.88 Å². The van der Waals surface area contributed by atoms with E-state index >= 15 is 0 Å². The van der Waals surface area contributed by atoms with Crippen molar-refractivity contribution in [2.24, 2.45) is 5.92 Å². The number of nitrogens with one attached hydrogen (secondary N) is 1. The molecule has 2 N–H and O–H groups in total. The van der Waals surface area contributed by atoms with Crippen LogP contribution in [0.25, 0.3) is 0 Å². The first kappa shape index (κ1) is 15.3. The summed E-state index contributed by atoms with van der Waals surface area (Å²) in [4.78, 5) is 27.8. The molecule has 1 aromatic carbocycles. The predicted octanol–water partition coefficient (Wildman–Crippen LogP) is 2.18. The molecule has 0 unspecified atom stereocenters. The Bertz CT molecular complexity index is 731.